The Bertz CT molecular complexity index is 445. The van der Waals surface area contributed by atoms with Gasteiger partial charge in [0.15, 0.2) is 0 Å². The Morgan fingerprint density at radius 3 is 2.62 bits per heavy atom. The smallest absolute Gasteiger partial charge is 0.338 e. The topological polar surface area (TPSA) is 69.4 Å². The SMILES string of the molecule is CCc1c(C(=O)OC)cc(Cl)cc1[N+](=O)[O-]. The van der Waals surface area contributed by atoms with Crippen LogP contribution in [0.3, 0.4) is 0 Å². The van der Waals surface area contributed by atoms with Gasteiger partial charge in [0.2, 0.25) is 0 Å². The molecule has 0 aliphatic carbocycles. The monoisotopic (exact) mass is 243 g/mol. The lowest BCUT2D eigenvalue weighted by atomic mass is 10.0. The van der Waals surface area contributed by atoms with Crippen LogP contribution in [0.5, 0.6) is 0 Å². The Labute approximate surface area is 97.1 Å². The number of nitro groups is 1. The Morgan fingerprint density at radius 2 is 2.19 bits per heavy atom. The number of methoxy groups -OCH3 is 1. The Hall–Kier alpha value is -1.62. The molecule has 0 amide bonds. The first-order valence-electron chi connectivity index (χ1n) is 4.56. The summed E-state index contributed by atoms with van der Waals surface area (Å²) in [4.78, 5) is 21.6. The van der Waals surface area contributed by atoms with E-state index in [0.717, 1.165) is 0 Å². The van der Waals surface area contributed by atoms with Crippen LogP contribution in [0.25, 0.3) is 0 Å². The Morgan fingerprint density at radius 1 is 1.56 bits per heavy atom. The molecular formula is C10H10ClNO4. The molecule has 1 rings (SSSR count). The lowest BCUT2D eigenvalue weighted by molar-refractivity contribution is -0.385. The predicted octanol–water partition coefficient (Wildman–Crippen LogP) is 2.60. The van der Waals surface area contributed by atoms with Crippen LogP contribution in [0, 0.1) is 10.1 Å². The van der Waals surface area contributed by atoms with Gasteiger partial charge in [-0.15, -0.1) is 0 Å². The highest BCUT2D eigenvalue weighted by Crippen LogP contribution is 2.28. The van der Waals surface area contributed by atoms with Crippen molar-refractivity contribution in [1.29, 1.82) is 0 Å². The third-order valence-corrected chi connectivity index (χ3v) is 2.36. The van der Waals surface area contributed by atoms with Crippen molar-refractivity contribution in [2.75, 3.05) is 7.11 Å². The number of benzene rings is 1. The zero-order valence-electron chi connectivity index (χ0n) is 8.82. The van der Waals surface area contributed by atoms with Crippen LogP contribution in [0.2, 0.25) is 5.02 Å². The van der Waals surface area contributed by atoms with Crippen molar-refractivity contribution in [2.45, 2.75) is 13.3 Å². The van der Waals surface area contributed by atoms with Gasteiger partial charge in [0.05, 0.1) is 17.6 Å². The molecule has 5 nitrogen and oxygen atoms in total. The highest BCUT2D eigenvalue weighted by atomic mass is 35.5. The molecule has 0 aromatic heterocycles. The summed E-state index contributed by atoms with van der Waals surface area (Å²) < 4.78 is 4.55. The molecule has 1 aromatic carbocycles. The summed E-state index contributed by atoms with van der Waals surface area (Å²) in [5.41, 5.74) is 0.320. The molecule has 0 bridgehead atoms. The maximum Gasteiger partial charge on any atom is 0.338 e. The molecule has 0 heterocycles. The second-order valence-electron chi connectivity index (χ2n) is 3.05. The van der Waals surface area contributed by atoms with Gasteiger partial charge in [-0.05, 0) is 12.5 Å². The van der Waals surface area contributed by atoms with Gasteiger partial charge in [0.25, 0.3) is 5.69 Å². The van der Waals surface area contributed by atoms with Crippen LogP contribution in [0.15, 0.2) is 12.1 Å². The van der Waals surface area contributed by atoms with E-state index in [2.05, 4.69) is 4.74 Å². The van der Waals surface area contributed by atoms with Crippen molar-refractivity contribution in [3.63, 3.8) is 0 Å². The van der Waals surface area contributed by atoms with E-state index in [1.54, 1.807) is 6.92 Å². The number of halogens is 1. The fourth-order valence-electron chi connectivity index (χ4n) is 1.45. The molecule has 0 saturated carbocycles. The summed E-state index contributed by atoms with van der Waals surface area (Å²) >= 11 is 5.71. The predicted molar refractivity (Wildman–Crippen MR) is 58.8 cm³/mol. The van der Waals surface area contributed by atoms with E-state index in [1.807, 2.05) is 0 Å². The van der Waals surface area contributed by atoms with Gasteiger partial charge in [-0.1, -0.05) is 18.5 Å². The molecular weight excluding hydrogens is 234 g/mol. The fraction of sp³-hybridized carbons (Fsp3) is 0.300. The molecule has 1 aromatic rings. The molecule has 0 unspecified atom stereocenters. The minimum absolute atomic E-state index is 0.143. The molecule has 0 fully saturated rings. The summed E-state index contributed by atoms with van der Waals surface area (Å²) in [6.07, 6.45) is 0.359. The molecule has 16 heavy (non-hydrogen) atoms. The minimum atomic E-state index is -0.623. The number of carbonyl (C=O) groups is 1. The van der Waals surface area contributed by atoms with Crippen molar-refractivity contribution in [2.24, 2.45) is 0 Å². The van der Waals surface area contributed by atoms with Gasteiger partial charge in [-0.2, -0.15) is 0 Å². The number of ether oxygens (including phenoxy) is 1. The molecule has 0 atom stereocenters. The number of hydrogen-bond acceptors (Lipinski definition) is 4. The van der Waals surface area contributed by atoms with E-state index < -0.39 is 10.9 Å². The Kier molecular flexibility index (Phi) is 3.84. The minimum Gasteiger partial charge on any atom is -0.465 e. The van der Waals surface area contributed by atoms with Gasteiger partial charge >= 0.3 is 5.97 Å². The lowest BCUT2D eigenvalue weighted by Gasteiger charge is -2.07. The van der Waals surface area contributed by atoms with Crippen molar-refractivity contribution in [3.8, 4) is 0 Å². The highest BCUT2D eigenvalue weighted by Gasteiger charge is 2.22. The van der Waals surface area contributed by atoms with E-state index in [-0.39, 0.29) is 16.3 Å². The summed E-state index contributed by atoms with van der Waals surface area (Å²) in [6, 6.07) is 2.60. The maximum atomic E-state index is 11.4. The molecule has 0 saturated heterocycles. The third-order valence-electron chi connectivity index (χ3n) is 2.15. The summed E-state index contributed by atoms with van der Waals surface area (Å²) in [5.74, 6) is -0.623. The molecule has 0 spiro atoms. The van der Waals surface area contributed by atoms with E-state index in [1.165, 1.54) is 19.2 Å². The number of nitro benzene ring substituents is 1. The van der Waals surface area contributed by atoms with E-state index in [0.29, 0.717) is 12.0 Å². The normalized spacial score (nSPS) is 9.94. The average molecular weight is 244 g/mol. The summed E-state index contributed by atoms with van der Waals surface area (Å²) in [5, 5.41) is 10.9. The second kappa shape index (κ2) is 4.94. The van der Waals surface area contributed by atoms with Gasteiger partial charge in [-0.25, -0.2) is 4.79 Å². The number of hydrogen-bond donors (Lipinski definition) is 0. The number of rotatable bonds is 3. The summed E-state index contributed by atoms with van der Waals surface area (Å²) in [6.45, 7) is 1.72. The molecule has 86 valence electrons. The fourth-order valence-corrected chi connectivity index (χ4v) is 1.66. The van der Waals surface area contributed by atoms with Crippen molar-refractivity contribution in [1.82, 2.24) is 0 Å². The largest absolute Gasteiger partial charge is 0.465 e. The molecule has 0 N–H and O–H groups in total. The van der Waals surface area contributed by atoms with Gasteiger partial charge in [0, 0.05) is 16.7 Å². The van der Waals surface area contributed by atoms with Crippen LogP contribution < -0.4 is 0 Å². The third kappa shape index (κ3) is 2.30. The molecule has 0 aliphatic rings. The molecule has 0 radical (unpaired) electrons. The zero-order chi connectivity index (χ0) is 12.3. The van der Waals surface area contributed by atoms with E-state index in [9.17, 15) is 14.9 Å². The van der Waals surface area contributed by atoms with Crippen LogP contribution in [-0.2, 0) is 11.2 Å². The van der Waals surface area contributed by atoms with Crippen LogP contribution in [0.4, 0.5) is 5.69 Å². The average Bonchev–Trinajstić information content (AvgIpc) is 2.26. The second-order valence-corrected chi connectivity index (χ2v) is 3.49. The van der Waals surface area contributed by atoms with Crippen molar-refractivity contribution < 1.29 is 14.5 Å². The van der Waals surface area contributed by atoms with Crippen LogP contribution in [0.1, 0.15) is 22.8 Å². The molecule has 6 heteroatoms. The lowest BCUT2D eigenvalue weighted by Crippen LogP contribution is -2.08. The number of nitrogens with zero attached hydrogens (tertiary/aromatic N) is 1. The van der Waals surface area contributed by atoms with Crippen LogP contribution in [-0.4, -0.2) is 18.0 Å². The maximum absolute atomic E-state index is 11.4. The summed E-state index contributed by atoms with van der Waals surface area (Å²) in [7, 11) is 1.22. The quantitative estimate of drug-likeness (QED) is 0.465. The van der Waals surface area contributed by atoms with E-state index in [4.69, 9.17) is 11.6 Å². The van der Waals surface area contributed by atoms with Crippen LogP contribution >= 0.6 is 11.6 Å². The molecule has 0 aliphatic heterocycles. The van der Waals surface area contributed by atoms with Gasteiger partial charge in [0.1, 0.15) is 0 Å². The zero-order valence-corrected chi connectivity index (χ0v) is 9.58. The first kappa shape index (κ1) is 12.4. The number of esters is 1. The van der Waals surface area contributed by atoms with Crippen molar-refractivity contribution in [3.05, 3.63) is 38.4 Å². The van der Waals surface area contributed by atoms with Crippen molar-refractivity contribution >= 4 is 23.3 Å². The highest BCUT2D eigenvalue weighted by molar-refractivity contribution is 6.31. The van der Waals surface area contributed by atoms with E-state index >= 15 is 0 Å². The standard InChI is InChI=1S/C10H10ClNO4/c1-3-7-8(10(13)16-2)4-6(11)5-9(7)12(14)15/h4-5H,3H2,1-2H3. The Balaban J connectivity index is 3.48. The van der Waals surface area contributed by atoms with Gasteiger partial charge in [-0.3, -0.25) is 10.1 Å². The van der Waals surface area contributed by atoms with Gasteiger partial charge < -0.3 is 4.74 Å². The number of carbonyl (C=O) groups excluding carboxylic acids is 1. The first-order chi connectivity index (χ1) is 7.51. The first-order valence-corrected chi connectivity index (χ1v) is 4.94.